The highest BCUT2D eigenvalue weighted by atomic mass is 16.5. The third-order valence-electron chi connectivity index (χ3n) is 6.24. The lowest BCUT2D eigenvalue weighted by Gasteiger charge is -2.39. The Hall–Kier alpha value is -2.08. The third-order valence-corrected chi connectivity index (χ3v) is 6.24. The maximum Gasteiger partial charge on any atom is 0.260 e. The van der Waals surface area contributed by atoms with Gasteiger partial charge in [0.1, 0.15) is 5.75 Å². The zero-order chi connectivity index (χ0) is 20.3. The zero-order valence-corrected chi connectivity index (χ0v) is 17.5. The van der Waals surface area contributed by atoms with Crippen LogP contribution in [0.1, 0.15) is 57.3 Å². The van der Waals surface area contributed by atoms with Crippen LogP contribution in [-0.2, 0) is 4.79 Å². The van der Waals surface area contributed by atoms with Gasteiger partial charge in [-0.2, -0.15) is 0 Å². The molecule has 4 unspecified atom stereocenters. The zero-order valence-electron chi connectivity index (χ0n) is 17.5. The van der Waals surface area contributed by atoms with Gasteiger partial charge in [-0.25, -0.2) is 0 Å². The van der Waals surface area contributed by atoms with Crippen LogP contribution in [0.3, 0.4) is 0 Å². The smallest absolute Gasteiger partial charge is 0.260 e. The number of likely N-dealkylation sites (tertiary alicyclic amines) is 1. The molecule has 2 fully saturated rings. The highest BCUT2D eigenvalue weighted by Gasteiger charge is 2.30. The molecule has 154 valence electrons. The third kappa shape index (κ3) is 4.49. The monoisotopic (exact) mass is 387 g/mol. The van der Waals surface area contributed by atoms with Crippen molar-refractivity contribution in [2.45, 2.75) is 71.1 Å². The normalized spacial score (nSPS) is 28.1. The molecule has 1 aromatic rings. The van der Waals surface area contributed by atoms with Gasteiger partial charge >= 0.3 is 0 Å². The van der Waals surface area contributed by atoms with E-state index < -0.39 is 0 Å². The topological polar surface area (TPSA) is 61.9 Å². The van der Waals surface area contributed by atoms with Gasteiger partial charge in [0.2, 0.25) is 0 Å². The van der Waals surface area contributed by atoms with E-state index in [1.165, 1.54) is 6.42 Å². The molecule has 2 amide bonds. The molecule has 1 N–H and O–H groups in total. The van der Waals surface area contributed by atoms with Gasteiger partial charge in [-0.05, 0) is 71.2 Å². The Kier molecular flexibility index (Phi) is 6.60. The molecule has 0 aliphatic carbocycles. The van der Waals surface area contributed by atoms with Gasteiger partial charge in [0.05, 0.1) is 0 Å². The largest absolute Gasteiger partial charge is 0.484 e. The molecule has 6 nitrogen and oxygen atoms in total. The number of hydrogen-bond donors (Lipinski definition) is 1. The molecule has 0 bridgehead atoms. The summed E-state index contributed by atoms with van der Waals surface area (Å²) in [5.74, 6) is 0.687. The number of nitrogens with one attached hydrogen (secondary N) is 1. The van der Waals surface area contributed by atoms with Crippen molar-refractivity contribution >= 4 is 11.8 Å². The summed E-state index contributed by atoms with van der Waals surface area (Å²) >= 11 is 0. The predicted octanol–water partition coefficient (Wildman–Crippen LogP) is 2.68. The van der Waals surface area contributed by atoms with Crippen molar-refractivity contribution in [1.29, 1.82) is 0 Å². The summed E-state index contributed by atoms with van der Waals surface area (Å²) < 4.78 is 5.71. The summed E-state index contributed by atoms with van der Waals surface area (Å²) in [6.45, 7) is 9.94. The van der Waals surface area contributed by atoms with E-state index in [0.29, 0.717) is 17.9 Å². The maximum absolute atomic E-state index is 12.8. The van der Waals surface area contributed by atoms with Crippen molar-refractivity contribution in [3.8, 4) is 5.75 Å². The minimum Gasteiger partial charge on any atom is -0.484 e. The standard InChI is InChI=1S/C22H33N3O3/c1-15-6-5-7-16(2)25(15)21(26)14-28-20-10-8-19(9-11-20)22(27)24-13-12-23-17(3)18(24)4/h8-11,15-18,23H,5-7,12-14H2,1-4H3. The predicted molar refractivity (Wildman–Crippen MR) is 110 cm³/mol. The lowest BCUT2D eigenvalue weighted by molar-refractivity contribution is -0.139. The van der Waals surface area contributed by atoms with Crippen LogP contribution in [0.2, 0.25) is 0 Å². The molecular formula is C22H33N3O3. The molecule has 0 saturated carbocycles. The molecule has 0 aromatic heterocycles. The first-order valence-corrected chi connectivity index (χ1v) is 10.5. The van der Waals surface area contributed by atoms with Crippen molar-refractivity contribution in [2.24, 2.45) is 0 Å². The van der Waals surface area contributed by atoms with Crippen molar-refractivity contribution in [3.63, 3.8) is 0 Å². The van der Waals surface area contributed by atoms with Crippen LogP contribution in [0.15, 0.2) is 24.3 Å². The summed E-state index contributed by atoms with van der Waals surface area (Å²) in [7, 11) is 0. The number of benzene rings is 1. The van der Waals surface area contributed by atoms with Gasteiger partial charge in [0.15, 0.2) is 6.61 Å². The van der Waals surface area contributed by atoms with Crippen molar-refractivity contribution in [3.05, 3.63) is 29.8 Å². The number of amides is 2. The van der Waals surface area contributed by atoms with E-state index in [-0.39, 0.29) is 42.6 Å². The molecule has 6 heteroatoms. The number of carbonyl (C=O) groups excluding carboxylic acids is 2. The van der Waals surface area contributed by atoms with Crippen LogP contribution >= 0.6 is 0 Å². The first-order chi connectivity index (χ1) is 13.4. The van der Waals surface area contributed by atoms with Crippen LogP contribution in [0.4, 0.5) is 0 Å². The van der Waals surface area contributed by atoms with Crippen molar-refractivity contribution < 1.29 is 14.3 Å². The Balaban J connectivity index is 1.57. The molecule has 2 heterocycles. The van der Waals surface area contributed by atoms with E-state index in [2.05, 4.69) is 33.0 Å². The fourth-order valence-corrected chi connectivity index (χ4v) is 4.34. The molecule has 4 atom stereocenters. The molecule has 2 saturated heterocycles. The van der Waals surface area contributed by atoms with Crippen LogP contribution in [0.25, 0.3) is 0 Å². The fraction of sp³-hybridized carbons (Fsp3) is 0.636. The van der Waals surface area contributed by atoms with E-state index in [1.807, 2.05) is 9.80 Å². The molecule has 2 aliphatic heterocycles. The lowest BCUT2D eigenvalue weighted by atomic mass is 9.97. The Labute approximate surface area is 168 Å². The Bertz CT molecular complexity index is 681. The van der Waals surface area contributed by atoms with E-state index in [4.69, 9.17) is 4.74 Å². The number of ether oxygens (including phenoxy) is 1. The molecule has 2 aliphatic rings. The highest BCUT2D eigenvalue weighted by molar-refractivity contribution is 5.94. The van der Waals surface area contributed by atoms with Crippen molar-refractivity contribution in [1.82, 2.24) is 15.1 Å². The van der Waals surface area contributed by atoms with Gasteiger partial charge in [0, 0.05) is 42.8 Å². The maximum atomic E-state index is 12.8. The first-order valence-electron chi connectivity index (χ1n) is 10.5. The average Bonchev–Trinajstić information content (AvgIpc) is 2.68. The number of piperidine rings is 1. The average molecular weight is 388 g/mol. The SMILES string of the molecule is CC1NCCN(C(=O)c2ccc(OCC(=O)N3C(C)CCCC3C)cc2)C1C. The minimum absolute atomic E-state index is 0.0310. The van der Waals surface area contributed by atoms with Crippen LogP contribution in [-0.4, -0.2) is 65.5 Å². The van der Waals surface area contributed by atoms with Gasteiger partial charge in [0.25, 0.3) is 11.8 Å². The quantitative estimate of drug-likeness (QED) is 0.863. The Morgan fingerprint density at radius 3 is 2.36 bits per heavy atom. The molecule has 1 aromatic carbocycles. The summed E-state index contributed by atoms with van der Waals surface area (Å²) in [6.07, 6.45) is 3.28. The molecule has 28 heavy (non-hydrogen) atoms. The molecule has 0 radical (unpaired) electrons. The number of rotatable bonds is 4. The minimum atomic E-state index is 0.0310. The number of piperazine rings is 1. The first kappa shape index (κ1) is 20.6. The second-order valence-corrected chi connectivity index (χ2v) is 8.22. The number of hydrogen-bond acceptors (Lipinski definition) is 4. The Morgan fingerprint density at radius 2 is 1.71 bits per heavy atom. The molecule has 0 spiro atoms. The van der Waals surface area contributed by atoms with E-state index >= 15 is 0 Å². The number of nitrogens with zero attached hydrogens (tertiary/aromatic N) is 2. The summed E-state index contributed by atoms with van der Waals surface area (Å²) in [6, 6.07) is 8.10. The van der Waals surface area contributed by atoms with Gasteiger partial charge in [-0.3, -0.25) is 9.59 Å². The summed E-state index contributed by atoms with van der Waals surface area (Å²) in [5, 5.41) is 3.39. The van der Waals surface area contributed by atoms with Crippen LogP contribution in [0.5, 0.6) is 5.75 Å². The second kappa shape index (κ2) is 8.95. The van der Waals surface area contributed by atoms with E-state index in [0.717, 1.165) is 19.4 Å². The van der Waals surface area contributed by atoms with Gasteiger partial charge in [-0.1, -0.05) is 0 Å². The van der Waals surface area contributed by atoms with Crippen molar-refractivity contribution in [2.75, 3.05) is 19.7 Å². The fourth-order valence-electron chi connectivity index (χ4n) is 4.34. The van der Waals surface area contributed by atoms with Gasteiger partial charge in [-0.15, -0.1) is 0 Å². The lowest BCUT2D eigenvalue weighted by Crippen LogP contribution is -2.57. The summed E-state index contributed by atoms with van der Waals surface area (Å²) in [5.41, 5.74) is 0.651. The number of carbonyl (C=O) groups is 2. The van der Waals surface area contributed by atoms with Crippen LogP contribution < -0.4 is 10.1 Å². The highest BCUT2D eigenvalue weighted by Crippen LogP contribution is 2.23. The van der Waals surface area contributed by atoms with E-state index in [1.54, 1.807) is 24.3 Å². The molecular weight excluding hydrogens is 354 g/mol. The molecule has 3 rings (SSSR count). The Morgan fingerprint density at radius 1 is 1.07 bits per heavy atom. The van der Waals surface area contributed by atoms with Crippen LogP contribution in [0, 0.1) is 0 Å². The second-order valence-electron chi connectivity index (χ2n) is 8.22. The van der Waals surface area contributed by atoms with Gasteiger partial charge < -0.3 is 19.9 Å². The summed E-state index contributed by atoms with van der Waals surface area (Å²) in [4.78, 5) is 29.3. The van der Waals surface area contributed by atoms with E-state index in [9.17, 15) is 9.59 Å².